The molecule has 2 unspecified atom stereocenters. The summed E-state index contributed by atoms with van der Waals surface area (Å²) in [6, 6.07) is 2.93. The van der Waals surface area contributed by atoms with E-state index in [1.54, 1.807) is 0 Å². The summed E-state index contributed by atoms with van der Waals surface area (Å²) in [5, 5.41) is 3.69. The predicted molar refractivity (Wildman–Crippen MR) is 126 cm³/mol. The van der Waals surface area contributed by atoms with Gasteiger partial charge in [-0.25, -0.2) is 36.0 Å². The minimum atomic E-state index is -3.95. The first kappa shape index (κ1) is 25.1. The molecule has 2 aromatic heterocycles. The Labute approximate surface area is 209 Å². The molecular formula is C22H25F3N6O3S2. The van der Waals surface area contributed by atoms with Crippen molar-refractivity contribution in [1.29, 1.82) is 0 Å². The van der Waals surface area contributed by atoms with Crippen LogP contribution in [0.5, 0.6) is 0 Å². The minimum Gasteiger partial charge on any atom is -0.369 e. The molecule has 2 fully saturated rings. The van der Waals surface area contributed by atoms with Gasteiger partial charge in [-0.1, -0.05) is 0 Å². The second-order valence-electron chi connectivity index (χ2n) is 9.52. The van der Waals surface area contributed by atoms with Gasteiger partial charge in [-0.2, -0.15) is 10.1 Å². The standard InChI is InChI=1S/C22H25F3N6O3S2/c1-31-18(8-16(29-31)21(24)25)28-9-27-11-2-3-17-15(6-11)20(19(35-17)13-7-14(13)22(26)32)36(33,34)30-12-4-10(23)5-12/h8,10-14,21,30H,2-7H2,1H3,(H2,26,32)/t10?,11-,12?,13?,14?/m0/s1. The maximum absolute atomic E-state index is 13.4. The molecule has 194 valence electrons. The number of fused-ring (bicyclic) bond motifs is 1. The van der Waals surface area contributed by atoms with Gasteiger partial charge in [0.1, 0.15) is 11.9 Å². The number of thiophene rings is 1. The van der Waals surface area contributed by atoms with Crippen LogP contribution >= 0.6 is 11.3 Å². The van der Waals surface area contributed by atoms with E-state index in [1.807, 2.05) is 0 Å². The Bertz CT molecular complexity index is 1360. The van der Waals surface area contributed by atoms with Gasteiger partial charge in [0.15, 0.2) is 5.82 Å². The number of hydrogen-bond donors (Lipinski definition) is 2. The molecule has 0 spiro atoms. The van der Waals surface area contributed by atoms with Crippen molar-refractivity contribution in [3.05, 3.63) is 27.1 Å². The van der Waals surface area contributed by atoms with Gasteiger partial charge in [-0.3, -0.25) is 4.79 Å². The van der Waals surface area contributed by atoms with Crippen LogP contribution in [0.3, 0.4) is 0 Å². The average Bonchev–Trinajstić information content (AvgIpc) is 3.37. The molecule has 0 aliphatic heterocycles. The summed E-state index contributed by atoms with van der Waals surface area (Å²) in [7, 11) is -2.46. The van der Waals surface area contributed by atoms with Crippen LogP contribution in [0.1, 0.15) is 59.0 Å². The highest BCUT2D eigenvalue weighted by Gasteiger charge is 2.48. The van der Waals surface area contributed by atoms with Crippen LogP contribution in [0, 0.1) is 5.92 Å². The first-order valence-electron chi connectivity index (χ1n) is 11.6. The summed E-state index contributed by atoms with van der Waals surface area (Å²) in [5.74, 6) is -0.909. The SMILES string of the molecule is Cn1nc(C(F)F)cc1N=C=N[C@H]1CCc2sc(C3CC3C(N)=O)c(S(=O)(=O)NC3CC(F)C3)c2C1. The van der Waals surface area contributed by atoms with Crippen molar-refractivity contribution in [3.63, 3.8) is 0 Å². The van der Waals surface area contributed by atoms with Crippen LogP contribution in [-0.4, -0.2) is 48.4 Å². The first-order valence-corrected chi connectivity index (χ1v) is 13.9. The van der Waals surface area contributed by atoms with E-state index in [0.29, 0.717) is 36.1 Å². The smallest absolute Gasteiger partial charge is 0.282 e. The fraction of sp³-hybridized carbons (Fsp3) is 0.591. The van der Waals surface area contributed by atoms with Crippen LogP contribution < -0.4 is 10.5 Å². The molecule has 3 aliphatic rings. The monoisotopic (exact) mass is 542 g/mol. The lowest BCUT2D eigenvalue weighted by atomic mass is 9.92. The number of nitrogens with one attached hydrogen (secondary N) is 1. The van der Waals surface area contributed by atoms with Gasteiger partial charge in [0.2, 0.25) is 15.9 Å². The van der Waals surface area contributed by atoms with Gasteiger partial charge >= 0.3 is 0 Å². The van der Waals surface area contributed by atoms with Crippen LogP contribution in [0.4, 0.5) is 19.0 Å². The Balaban J connectivity index is 1.42. The highest BCUT2D eigenvalue weighted by Crippen LogP contribution is 2.54. The van der Waals surface area contributed by atoms with Crippen LogP contribution in [0.2, 0.25) is 0 Å². The minimum absolute atomic E-state index is 0.138. The summed E-state index contributed by atoms with van der Waals surface area (Å²) in [5.41, 5.74) is 5.72. The first-order chi connectivity index (χ1) is 17.0. The Morgan fingerprint density at radius 1 is 1.36 bits per heavy atom. The lowest BCUT2D eigenvalue weighted by Crippen LogP contribution is -2.45. The van der Waals surface area contributed by atoms with Gasteiger partial charge in [0.25, 0.3) is 6.43 Å². The topological polar surface area (TPSA) is 132 Å². The van der Waals surface area contributed by atoms with Gasteiger partial charge < -0.3 is 5.73 Å². The average molecular weight is 543 g/mol. The number of nitrogens with zero attached hydrogens (tertiary/aromatic N) is 4. The number of primary amides is 1. The Morgan fingerprint density at radius 2 is 2.11 bits per heavy atom. The number of alkyl halides is 3. The van der Waals surface area contributed by atoms with E-state index in [2.05, 4.69) is 25.8 Å². The molecule has 0 radical (unpaired) electrons. The normalized spacial score (nSPS) is 27.2. The van der Waals surface area contributed by atoms with Crippen LogP contribution in [0.15, 0.2) is 20.9 Å². The Hall–Kier alpha value is -2.54. The van der Waals surface area contributed by atoms with E-state index in [9.17, 15) is 26.4 Å². The second kappa shape index (κ2) is 9.40. The molecular weight excluding hydrogens is 517 g/mol. The van der Waals surface area contributed by atoms with Crippen molar-refractivity contribution in [3.8, 4) is 0 Å². The number of aryl methyl sites for hydroxylation is 2. The highest BCUT2D eigenvalue weighted by molar-refractivity contribution is 7.89. The van der Waals surface area contributed by atoms with Crippen molar-refractivity contribution >= 4 is 39.1 Å². The molecule has 2 aromatic rings. The van der Waals surface area contributed by atoms with Crippen molar-refractivity contribution in [2.45, 2.75) is 74.0 Å². The van der Waals surface area contributed by atoms with Crippen LogP contribution in [-0.2, 0) is 34.7 Å². The number of carbonyl (C=O) groups is 1. The molecule has 1 amide bonds. The predicted octanol–water partition coefficient (Wildman–Crippen LogP) is 3.15. The number of carbonyl (C=O) groups excluding carboxylic acids is 1. The third-order valence-electron chi connectivity index (χ3n) is 6.88. The summed E-state index contributed by atoms with van der Waals surface area (Å²) in [6.45, 7) is 0. The van der Waals surface area contributed by atoms with E-state index in [-0.39, 0.29) is 35.5 Å². The van der Waals surface area contributed by atoms with E-state index < -0.39 is 46.2 Å². The van der Waals surface area contributed by atoms with Gasteiger partial charge in [0, 0.05) is 40.7 Å². The largest absolute Gasteiger partial charge is 0.369 e. The molecule has 3 atom stereocenters. The molecule has 3 N–H and O–H groups in total. The Kier molecular flexibility index (Phi) is 6.56. The summed E-state index contributed by atoms with van der Waals surface area (Å²) in [6.07, 6.45) is -1.40. The van der Waals surface area contributed by atoms with E-state index >= 15 is 0 Å². The van der Waals surface area contributed by atoms with E-state index in [1.165, 1.54) is 23.1 Å². The zero-order chi connectivity index (χ0) is 25.8. The van der Waals surface area contributed by atoms with Gasteiger partial charge in [-0.05, 0) is 44.1 Å². The van der Waals surface area contributed by atoms with Crippen molar-refractivity contribution in [1.82, 2.24) is 14.5 Å². The lowest BCUT2D eigenvalue weighted by molar-refractivity contribution is -0.119. The molecule has 2 saturated carbocycles. The number of sulfonamides is 1. The fourth-order valence-corrected chi connectivity index (χ4v) is 8.42. The molecule has 9 nitrogen and oxygen atoms in total. The van der Waals surface area contributed by atoms with Gasteiger partial charge in [0.05, 0.1) is 16.9 Å². The summed E-state index contributed by atoms with van der Waals surface area (Å²) < 4.78 is 69.7. The molecule has 3 aliphatic carbocycles. The number of hydrogen-bond acceptors (Lipinski definition) is 7. The molecule has 14 heteroatoms. The number of halogens is 3. The van der Waals surface area contributed by atoms with Crippen molar-refractivity contribution in [2.24, 2.45) is 28.7 Å². The number of nitrogens with two attached hydrogens (primary N) is 1. The third-order valence-corrected chi connectivity index (χ3v) is 10.1. The molecule has 0 saturated heterocycles. The number of rotatable bonds is 8. The third kappa shape index (κ3) is 4.86. The zero-order valence-electron chi connectivity index (χ0n) is 19.3. The number of aromatic nitrogens is 2. The maximum Gasteiger partial charge on any atom is 0.282 e. The fourth-order valence-electron chi connectivity index (χ4n) is 4.78. The lowest BCUT2D eigenvalue weighted by Gasteiger charge is -2.30. The molecule has 0 aromatic carbocycles. The second-order valence-corrected chi connectivity index (χ2v) is 12.3. The van der Waals surface area contributed by atoms with E-state index in [0.717, 1.165) is 10.9 Å². The number of aliphatic imine (C=N–C) groups is 2. The van der Waals surface area contributed by atoms with Gasteiger partial charge in [-0.15, -0.1) is 11.3 Å². The van der Waals surface area contributed by atoms with Crippen molar-refractivity contribution < 1.29 is 26.4 Å². The maximum atomic E-state index is 13.4. The van der Waals surface area contributed by atoms with E-state index in [4.69, 9.17) is 5.73 Å². The number of amides is 1. The summed E-state index contributed by atoms with van der Waals surface area (Å²) in [4.78, 5) is 21.8. The van der Waals surface area contributed by atoms with Crippen molar-refractivity contribution in [2.75, 3.05) is 0 Å². The van der Waals surface area contributed by atoms with Crippen LogP contribution in [0.25, 0.3) is 0 Å². The highest BCUT2D eigenvalue weighted by atomic mass is 32.2. The zero-order valence-corrected chi connectivity index (χ0v) is 21.0. The molecule has 0 bridgehead atoms. The Morgan fingerprint density at radius 3 is 2.72 bits per heavy atom. The molecule has 36 heavy (non-hydrogen) atoms. The molecule has 5 rings (SSSR count). The quantitative estimate of drug-likeness (QED) is 0.496. The molecule has 2 heterocycles. The summed E-state index contributed by atoms with van der Waals surface area (Å²) >= 11 is 1.39.